The number of aliphatic hydroxyl groups excluding tert-OH is 1. The summed E-state index contributed by atoms with van der Waals surface area (Å²) in [6.45, 7) is 0.693. The fourth-order valence-electron chi connectivity index (χ4n) is 5.47. The van der Waals surface area contributed by atoms with Gasteiger partial charge in [-0.2, -0.15) is 14.4 Å². The van der Waals surface area contributed by atoms with Gasteiger partial charge in [-0.05, 0) is 18.4 Å². The van der Waals surface area contributed by atoms with E-state index in [1.165, 1.54) is 36.6 Å². The fourth-order valence-corrected chi connectivity index (χ4v) is 6.91. The number of ether oxygens (including phenoxy) is 2. The van der Waals surface area contributed by atoms with Gasteiger partial charge in [0, 0.05) is 6.42 Å². The van der Waals surface area contributed by atoms with Gasteiger partial charge in [0.15, 0.2) is 29.2 Å². The van der Waals surface area contributed by atoms with Crippen molar-refractivity contribution in [2.75, 3.05) is 25.6 Å². The van der Waals surface area contributed by atoms with Crippen molar-refractivity contribution in [3.8, 4) is 12.3 Å². The van der Waals surface area contributed by atoms with Gasteiger partial charge in [-0.25, -0.2) is 19.4 Å². The number of nitrogens with two attached hydrogens (primary N) is 1. The summed E-state index contributed by atoms with van der Waals surface area (Å²) in [6, 6.07) is 7.08. The monoisotopic (exact) mass is 718 g/mol. The lowest BCUT2D eigenvalue weighted by atomic mass is 9.99. The maximum Gasteiger partial charge on any atom is 0.406 e. The van der Waals surface area contributed by atoms with Crippen molar-refractivity contribution < 1.29 is 47.3 Å². The van der Waals surface area contributed by atoms with Crippen LogP contribution in [0.25, 0.3) is 11.2 Å². The van der Waals surface area contributed by atoms with Crippen LogP contribution in [-0.2, 0) is 39.1 Å². The fraction of sp³-hybridized carbons (Fsp3) is 0.545. The van der Waals surface area contributed by atoms with E-state index in [2.05, 4.69) is 32.9 Å². The van der Waals surface area contributed by atoms with Gasteiger partial charge in [0.05, 0.1) is 12.9 Å². The number of carboxylic acid groups (broad SMARTS) is 1. The number of esters is 1. The zero-order valence-corrected chi connectivity index (χ0v) is 28.8. The minimum absolute atomic E-state index is 0.0210. The Morgan fingerprint density at radius 3 is 2.56 bits per heavy atom. The molecular formula is C33H44FN6O9P. The van der Waals surface area contributed by atoms with Crippen molar-refractivity contribution in [1.82, 2.24) is 24.6 Å². The number of unbranched alkanes of at least 4 members (excludes halogenated alkanes) is 7. The molecule has 1 saturated heterocycles. The number of benzene rings is 1. The van der Waals surface area contributed by atoms with E-state index in [0.29, 0.717) is 12.0 Å². The maximum atomic E-state index is 14.1. The number of terminal acetylenes is 1. The average Bonchev–Trinajstić information content (AvgIpc) is 3.67. The third-order valence-electron chi connectivity index (χ3n) is 8.24. The summed E-state index contributed by atoms with van der Waals surface area (Å²) in [4.78, 5) is 36.0. The smallest absolute Gasteiger partial charge is 0.406 e. The molecular weight excluding hydrogens is 674 g/mol. The van der Waals surface area contributed by atoms with E-state index in [9.17, 15) is 28.8 Å². The lowest BCUT2D eigenvalue weighted by molar-refractivity contribution is -0.146. The minimum Gasteiger partial charge on any atom is -0.480 e. The highest BCUT2D eigenvalue weighted by molar-refractivity contribution is 7.51. The maximum absolute atomic E-state index is 14.1. The van der Waals surface area contributed by atoms with Crippen molar-refractivity contribution in [3.05, 3.63) is 48.3 Å². The SMILES string of the molecule is C#C[C@]1(COP(=O)(N[C@@H](Cc2ccccc2)C(=O)O)OCC(=O)OCCCCCCCCCC)O[C@@H](n2cnc3c(N)nc(F)nc32)C[C@@H]1O. The number of imidazole rings is 1. The Bertz CT molecular complexity index is 1670. The van der Waals surface area contributed by atoms with Gasteiger partial charge in [0.1, 0.15) is 25.0 Å². The van der Waals surface area contributed by atoms with E-state index < -0.39 is 63.0 Å². The number of nitrogens with one attached hydrogen (secondary N) is 1. The molecule has 3 heterocycles. The number of carbonyl (C=O) groups excluding carboxylic acids is 1. The second-order valence-corrected chi connectivity index (χ2v) is 13.8. The summed E-state index contributed by atoms with van der Waals surface area (Å²) in [7, 11) is -4.67. The van der Waals surface area contributed by atoms with Crippen LogP contribution in [0.15, 0.2) is 36.7 Å². The highest BCUT2D eigenvalue weighted by atomic mass is 31.2. The molecule has 0 radical (unpaired) electrons. The number of carbonyl (C=O) groups is 2. The van der Waals surface area contributed by atoms with E-state index in [1.54, 1.807) is 30.3 Å². The van der Waals surface area contributed by atoms with Gasteiger partial charge in [-0.15, -0.1) is 6.42 Å². The Balaban J connectivity index is 1.43. The molecule has 0 aliphatic carbocycles. The molecule has 5 N–H and O–H groups in total. The van der Waals surface area contributed by atoms with Gasteiger partial charge in [-0.3, -0.25) is 18.4 Å². The summed E-state index contributed by atoms with van der Waals surface area (Å²) in [5.41, 5.74) is 4.49. The Morgan fingerprint density at radius 1 is 1.18 bits per heavy atom. The number of nitrogens with zero attached hydrogens (tertiary/aromatic N) is 4. The molecule has 0 amide bonds. The van der Waals surface area contributed by atoms with Gasteiger partial charge in [0.2, 0.25) is 0 Å². The van der Waals surface area contributed by atoms with Crippen molar-refractivity contribution in [1.29, 1.82) is 0 Å². The molecule has 17 heteroatoms. The van der Waals surface area contributed by atoms with Crippen LogP contribution in [0.5, 0.6) is 0 Å². The molecule has 2 aromatic heterocycles. The quantitative estimate of drug-likeness (QED) is 0.0398. The number of hydrogen-bond donors (Lipinski definition) is 4. The molecule has 272 valence electrons. The summed E-state index contributed by atoms with van der Waals surface area (Å²) < 4.78 is 51.6. The average molecular weight is 719 g/mol. The standard InChI is InChI=1S/C33H44FN6O9P/c1-3-5-6-7-8-9-10-14-17-46-27(42)20-47-50(45,39-24(31(43)44)18-23-15-12-11-13-16-23)48-21-33(4-2)25(41)19-26(49-33)40-22-36-28-29(35)37-32(34)38-30(28)40/h2,11-13,15-16,22,24-26,41H,3,5-10,14,17-21H2,1H3,(H,39,45)(H,43,44)(H2,35,37,38)/t24-,25-,26+,33+,50?/m0/s1. The molecule has 1 aliphatic rings. The van der Waals surface area contributed by atoms with Crippen LogP contribution in [0.4, 0.5) is 10.2 Å². The number of fused-ring (bicyclic) bond motifs is 1. The van der Waals surface area contributed by atoms with Crippen LogP contribution >= 0.6 is 7.75 Å². The Labute approximate surface area is 289 Å². The molecule has 4 rings (SSSR count). The van der Waals surface area contributed by atoms with E-state index in [0.717, 1.165) is 19.3 Å². The molecule has 1 aliphatic heterocycles. The zero-order chi connectivity index (χ0) is 36.1. The molecule has 15 nitrogen and oxygen atoms in total. The second-order valence-electron chi connectivity index (χ2n) is 12.0. The van der Waals surface area contributed by atoms with Gasteiger partial charge >= 0.3 is 25.8 Å². The highest BCUT2D eigenvalue weighted by Crippen LogP contribution is 2.48. The zero-order valence-electron chi connectivity index (χ0n) is 27.9. The first-order chi connectivity index (χ1) is 24.0. The molecule has 1 unspecified atom stereocenters. The lowest BCUT2D eigenvalue weighted by Crippen LogP contribution is -2.44. The number of halogens is 1. The van der Waals surface area contributed by atoms with Gasteiger partial charge in [-0.1, -0.05) is 88.1 Å². The number of rotatable bonds is 21. The topological polar surface area (TPSA) is 210 Å². The van der Waals surface area contributed by atoms with Crippen LogP contribution in [-0.4, -0.2) is 79.2 Å². The van der Waals surface area contributed by atoms with Crippen molar-refractivity contribution in [2.24, 2.45) is 0 Å². The number of nitrogen functional groups attached to an aromatic ring is 1. The summed E-state index contributed by atoms with van der Waals surface area (Å²) >= 11 is 0. The highest BCUT2D eigenvalue weighted by Gasteiger charge is 2.50. The van der Waals surface area contributed by atoms with Gasteiger partial charge in [0.25, 0.3) is 0 Å². The van der Waals surface area contributed by atoms with Gasteiger partial charge < -0.3 is 25.4 Å². The third-order valence-corrected chi connectivity index (χ3v) is 9.81. The molecule has 1 aromatic carbocycles. The second kappa shape index (κ2) is 18.3. The minimum atomic E-state index is -4.67. The molecule has 0 spiro atoms. The largest absolute Gasteiger partial charge is 0.480 e. The number of aliphatic carboxylic acids is 1. The van der Waals surface area contributed by atoms with E-state index in [4.69, 9.17) is 30.7 Å². The lowest BCUT2D eigenvalue weighted by Gasteiger charge is -2.29. The van der Waals surface area contributed by atoms with Crippen LogP contribution in [0.2, 0.25) is 0 Å². The molecule has 0 bridgehead atoms. The molecule has 0 saturated carbocycles. The van der Waals surface area contributed by atoms with Crippen LogP contribution in [0.3, 0.4) is 0 Å². The first kappa shape index (κ1) is 38.8. The Morgan fingerprint density at radius 2 is 1.88 bits per heavy atom. The van der Waals surface area contributed by atoms with E-state index >= 15 is 0 Å². The molecule has 3 aromatic rings. The van der Waals surface area contributed by atoms with Crippen molar-refractivity contribution in [2.45, 2.75) is 95.1 Å². The van der Waals surface area contributed by atoms with E-state index in [1.807, 2.05) is 0 Å². The Kier molecular flexibility index (Phi) is 14.2. The number of aromatic nitrogens is 4. The molecule has 5 atom stereocenters. The van der Waals surface area contributed by atoms with Crippen molar-refractivity contribution >= 4 is 36.7 Å². The molecule has 50 heavy (non-hydrogen) atoms. The summed E-state index contributed by atoms with van der Waals surface area (Å²) in [6.07, 6.45) is 11.6. The first-order valence-electron chi connectivity index (χ1n) is 16.6. The predicted octanol–water partition coefficient (Wildman–Crippen LogP) is 4.31. The predicted molar refractivity (Wildman–Crippen MR) is 180 cm³/mol. The summed E-state index contributed by atoms with van der Waals surface area (Å²) in [5, 5.41) is 23.4. The summed E-state index contributed by atoms with van der Waals surface area (Å²) in [5.74, 6) is -0.0885. The first-order valence-corrected chi connectivity index (χ1v) is 18.1. The third kappa shape index (κ3) is 10.5. The van der Waals surface area contributed by atoms with Crippen LogP contribution in [0.1, 0.15) is 76.5 Å². The Hall–Kier alpha value is -3.97. The number of hydrogen-bond acceptors (Lipinski definition) is 12. The normalized spacial score (nSPS) is 20.7. The van der Waals surface area contributed by atoms with Crippen molar-refractivity contribution in [3.63, 3.8) is 0 Å². The number of anilines is 1. The number of aliphatic hydroxyl groups is 1. The van der Waals surface area contributed by atoms with E-state index in [-0.39, 0.29) is 36.4 Å². The number of carboxylic acids is 1. The van der Waals surface area contributed by atoms with Crippen LogP contribution < -0.4 is 10.8 Å². The molecule has 1 fully saturated rings. The van der Waals surface area contributed by atoms with Crippen LogP contribution in [0, 0.1) is 18.4 Å².